The minimum Gasteiger partial charge on any atom is -0.480 e. The van der Waals surface area contributed by atoms with Crippen LogP contribution in [0.2, 0.25) is 0 Å². The molecule has 0 saturated heterocycles. The molecule has 1 N–H and O–H groups in total. The van der Waals surface area contributed by atoms with Crippen molar-refractivity contribution in [1.82, 2.24) is 4.90 Å². The second-order valence-corrected chi connectivity index (χ2v) is 4.33. The van der Waals surface area contributed by atoms with Crippen molar-refractivity contribution in [3.8, 4) is 0 Å². The van der Waals surface area contributed by atoms with Crippen molar-refractivity contribution in [2.24, 2.45) is 0 Å². The minimum absolute atomic E-state index is 0.192. The Kier molecular flexibility index (Phi) is 4.49. The second kappa shape index (κ2) is 5.65. The third-order valence-electron chi connectivity index (χ3n) is 2.19. The van der Waals surface area contributed by atoms with E-state index in [1.165, 1.54) is 16.2 Å². The average molecular weight is 241 g/mol. The first-order valence-corrected chi connectivity index (χ1v) is 6.04. The zero-order valence-electron chi connectivity index (χ0n) is 9.40. The van der Waals surface area contributed by atoms with Crippen LogP contribution >= 0.6 is 11.3 Å². The van der Waals surface area contributed by atoms with E-state index < -0.39 is 5.97 Å². The summed E-state index contributed by atoms with van der Waals surface area (Å²) in [6.45, 7) is 4.01. The van der Waals surface area contributed by atoms with Crippen LogP contribution < -0.4 is 0 Å². The van der Waals surface area contributed by atoms with Gasteiger partial charge in [0.1, 0.15) is 6.54 Å². The molecule has 0 aromatic carbocycles. The minimum atomic E-state index is -0.977. The maximum Gasteiger partial charge on any atom is 0.323 e. The highest BCUT2D eigenvalue weighted by Crippen LogP contribution is 2.16. The van der Waals surface area contributed by atoms with Gasteiger partial charge in [0.05, 0.1) is 5.56 Å². The second-order valence-electron chi connectivity index (χ2n) is 3.59. The molecule has 0 aliphatic heterocycles. The number of carbonyl (C=O) groups is 2. The number of aliphatic carboxylic acids is 1. The normalized spacial score (nSPS) is 10.1. The summed E-state index contributed by atoms with van der Waals surface area (Å²) in [7, 11) is 0. The number of rotatable bonds is 5. The zero-order chi connectivity index (χ0) is 12.1. The molecule has 0 aliphatic carbocycles. The first-order chi connectivity index (χ1) is 7.56. The third kappa shape index (κ3) is 3.06. The summed E-state index contributed by atoms with van der Waals surface area (Å²) in [6, 6.07) is 0. The number of carbonyl (C=O) groups excluding carboxylic acids is 1. The fraction of sp³-hybridized carbons (Fsp3) is 0.455. The lowest BCUT2D eigenvalue weighted by Crippen LogP contribution is -2.36. The number of hydrogen-bond donors (Lipinski definition) is 1. The van der Waals surface area contributed by atoms with E-state index >= 15 is 0 Å². The topological polar surface area (TPSA) is 57.6 Å². The van der Waals surface area contributed by atoms with Gasteiger partial charge in [0, 0.05) is 11.9 Å². The van der Waals surface area contributed by atoms with Crippen LogP contribution in [0.25, 0.3) is 0 Å². The van der Waals surface area contributed by atoms with Gasteiger partial charge in [0.25, 0.3) is 5.91 Å². The molecule has 1 aromatic heterocycles. The maximum atomic E-state index is 12.0. The summed E-state index contributed by atoms with van der Waals surface area (Å²) >= 11 is 1.45. The molecule has 1 heterocycles. The Labute approximate surface area is 98.5 Å². The molecule has 1 aromatic rings. The Morgan fingerprint density at radius 3 is 2.56 bits per heavy atom. The monoisotopic (exact) mass is 241 g/mol. The molecule has 1 rings (SSSR count). The number of nitrogens with zero attached hydrogens (tertiary/aromatic N) is 1. The van der Waals surface area contributed by atoms with E-state index in [1.807, 2.05) is 19.2 Å². The smallest absolute Gasteiger partial charge is 0.323 e. The van der Waals surface area contributed by atoms with Gasteiger partial charge in [-0.2, -0.15) is 11.3 Å². The van der Waals surface area contributed by atoms with Crippen molar-refractivity contribution >= 4 is 23.2 Å². The number of amides is 1. The Hall–Kier alpha value is -1.36. The van der Waals surface area contributed by atoms with Crippen LogP contribution in [0, 0.1) is 6.92 Å². The largest absolute Gasteiger partial charge is 0.480 e. The van der Waals surface area contributed by atoms with Crippen molar-refractivity contribution in [2.75, 3.05) is 13.1 Å². The van der Waals surface area contributed by atoms with E-state index in [1.54, 1.807) is 5.38 Å². The molecule has 0 bridgehead atoms. The van der Waals surface area contributed by atoms with Crippen LogP contribution in [0.3, 0.4) is 0 Å². The van der Waals surface area contributed by atoms with Crippen LogP contribution in [0.15, 0.2) is 10.8 Å². The first-order valence-electron chi connectivity index (χ1n) is 5.10. The summed E-state index contributed by atoms with van der Waals surface area (Å²) in [4.78, 5) is 24.0. The molecule has 0 radical (unpaired) electrons. The molecule has 0 unspecified atom stereocenters. The van der Waals surface area contributed by atoms with Gasteiger partial charge in [-0.15, -0.1) is 0 Å². The summed E-state index contributed by atoms with van der Waals surface area (Å²) in [6.07, 6.45) is 0.752. The molecule has 0 saturated carbocycles. The van der Waals surface area contributed by atoms with Crippen LogP contribution in [0.4, 0.5) is 0 Å². The fourth-order valence-corrected chi connectivity index (χ4v) is 2.26. The van der Waals surface area contributed by atoms with Gasteiger partial charge < -0.3 is 10.0 Å². The third-order valence-corrected chi connectivity index (χ3v) is 3.05. The molecule has 88 valence electrons. The Balaban J connectivity index is 2.82. The predicted octanol–water partition coefficient (Wildman–Crippen LogP) is 1.99. The SMILES string of the molecule is CCCN(CC(=O)O)C(=O)c1cscc1C. The summed E-state index contributed by atoms with van der Waals surface area (Å²) in [5.74, 6) is -1.17. The predicted molar refractivity (Wildman–Crippen MR) is 62.9 cm³/mol. The van der Waals surface area contributed by atoms with Gasteiger partial charge in [-0.3, -0.25) is 9.59 Å². The van der Waals surface area contributed by atoms with Gasteiger partial charge in [0.2, 0.25) is 0 Å². The molecular formula is C11H15NO3S. The summed E-state index contributed by atoms with van der Waals surface area (Å²) in [5.41, 5.74) is 1.51. The molecule has 1 amide bonds. The van der Waals surface area contributed by atoms with Gasteiger partial charge in [-0.05, 0) is 24.3 Å². The molecule has 5 heteroatoms. The van der Waals surface area contributed by atoms with Crippen LogP contribution in [0.1, 0.15) is 29.3 Å². The molecule has 4 nitrogen and oxygen atoms in total. The van der Waals surface area contributed by atoms with Crippen molar-refractivity contribution in [3.05, 3.63) is 21.9 Å². The molecule has 0 aliphatic rings. The van der Waals surface area contributed by atoms with Gasteiger partial charge in [-0.25, -0.2) is 0 Å². The van der Waals surface area contributed by atoms with Crippen LogP contribution in [-0.2, 0) is 4.79 Å². The Morgan fingerprint density at radius 1 is 1.44 bits per heavy atom. The average Bonchev–Trinajstić information content (AvgIpc) is 2.62. The zero-order valence-corrected chi connectivity index (χ0v) is 10.2. The summed E-state index contributed by atoms with van der Waals surface area (Å²) in [5, 5.41) is 12.4. The number of aryl methyl sites for hydroxylation is 1. The molecule has 0 fully saturated rings. The van der Waals surface area contributed by atoms with Gasteiger partial charge in [0.15, 0.2) is 0 Å². The van der Waals surface area contributed by atoms with E-state index in [4.69, 9.17) is 5.11 Å². The van der Waals surface area contributed by atoms with E-state index in [0.717, 1.165) is 12.0 Å². The lowest BCUT2D eigenvalue weighted by atomic mass is 10.2. The highest BCUT2D eigenvalue weighted by molar-refractivity contribution is 7.08. The number of thiophene rings is 1. The lowest BCUT2D eigenvalue weighted by molar-refractivity contribution is -0.137. The standard InChI is InChI=1S/C11H15NO3S/c1-3-4-12(5-10(13)14)11(15)9-7-16-6-8(9)2/h6-7H,3-5H2,1-2H3,(H,13,14). The van der Waals surface area contributed by atoms with Crippen molar-refractivity contribution in [1.29, 1.82) is 0 Å². The molecule has 0 atom stereocenters. The van der Waals surface area contributed by atoms with Crippen molar-refractivity contribution < 1.29 is 14.7 Å². The number of carboxylic acids is 1. The Bertz CT molecular complexity index is 386. The van der Waals surface area contributed by atoms with Crippen molar-refractivity contribution in [2.45, 2.75) is 20.3 Å². The van der Waals surface area contributed by atoms with Crippen molar-refractivity contribution in [3.63, 3.8) is 0 Å². The summed E-state index contributed by atoms with van der Waals surface area (Å²) < 4.78 is 0. The Morgan fingerprint density at radius 2 is 2.12 bits per heavy atom. The number of hydrogen-bond acceptors (Lipinski definition) is 3. The van der Waals surface area contributed by atoms with E-state index in [0.29, 0.717) is 12.1 Å². The quantitative estimate of drug-likeness (QED) is 0.857. The molecule has 0 spiro atoms. The fourth-order valence-electron chi connectivity index (χ4n) is 1.44. The van der Waals surface area contributed by atoms with E-state index in [9.17, 15) is 9.59 Å². The van der Waals surface area contributed by atoms with E-state index in [2.05, 4.69) is 0 Å². The van der Waals surface area contributed by atoms with E-state index in [-0.39, 0.29) is 12.5 Å². The molecule has 16 heavy (non-hydrogen) atoms. The first kappa shape index (κ1) is 12.7. The number of carboxylic acid groups (broad SMARTS) is 1. The maximum absolute atomic E-state index is 12.0. The highest BCUT2D eigenvalue weighted by atomic mass is 32.1. The van der Waals surface area contributed by atoms with Gasteiger partial charge in [-0.1, -0.05) is 6.92 Å². The lowest BCUT2D eigenvalue weighted by Gasteiger charge is -2.19. The molecular weight excluding hydrogens is 226 g/mol. The van der Waals surface area contributed by atoms with Crippen LogP contribution in [0.5, 0.6) is 0 Å². The van der Waals surface area contributed by atoms with Crippen LogP contribution in [-0.4, -0.2) is 35.0 Å². The van der Waals surface area contributed by atoms with Gasteiger partial charge >= 0.3 is 5.97 Å². The highest BCUT2D eigenvalue weighted by Gasteiger charge is 2.19.